The maximum absolute atomic E-state index is 13.2. The molecule has 40 heavy (non-hydrogen) atoms. The van der Waals surface area contributed by atoms with Crippen molar-refractivity contribution >= 4 is 39.6 Å². The number of carbonyl (C=O) groups is 1. The summed E-state index contributed by atoms with van der Waals surface area (Å²) in [5.74, 6) is 0.859. The van der Waals surface area contributed by atoms with E-state index in [1.54, 1.807) is 20.4 Å². The van der Waals surface area contributed by atoms with Crippen molar-refractivity contribution in [3.8, 4) is 11.5 Å². The minimum atomic E-state index is -0.374. The number of rotatable bonds is 10. The van der Waals surface area contributed by atoms with Crippen molar-refractivity contribution in [1.82, 2.24) is 4.98 Å². The van der Waals surface area contributed by atoms with E-state index in [-0.39, 0.29) is 18.2 Å². The summed E-state index contributed by atoms with van der Waals surface area (Å²) in [6.07, 6.45) is 1.73. The Labute approximate surface area is 232 Å². The second-order valence-corrected chi connectivity index (χ2v) is 8.80. The monoisotopic (exact) mass is 532 g/mol. The quantitative estimate of drug-likeness (QED) is 0.156. The van der Waals surface area contributed by atoms with Crippen LogP contribution in [0.3, 0.4) is 0 Å². The van der Waals surface area contributed by atoms with Gasteiger partial charge in [0.15, 0.2) is 17.2 Å². The van der Waals surface area contributed by atoms with Crippen molar-refractivity contribution in [2.45, 2.75) is 6.61 Å². The summed E-state index contributed by atoms with van der Waals surface area (Å²) in [7, 11) is 3.20. The number of hydrogen-bond donors (Lipinski definition) is 2. The molecule has 2 N–H and O–H groups in total. The highest BCUT2D eigenvalue weighted by Crippen LogP contribution is 2.35. The van der Waals surface area contributed by atoms with Crippen LogP contribution in [0.4, 0.5) is 17.1 Å². The lowest BCUT2D eigenvalue weighted by Crippen LogP contribution is -2.24. The minimum Gasteiger partial charge on any atom is -0.493 e. The van der Waals surface area contributed by atoms with Gasteiger partial charge in [-0.1, -0.05) is 65.8 Å². The molecule has 0 aliphatic rings. The lowest BCUT2D eigenvalue weighted by atomic mass is 10.1. The van der Waals surface area contributed by atoms with Crippen LogP contribution < -0.4 is 20.1 Å². The SMILES string of the molecule is COc1cc2nccc(Nc3ccc(NC(=O)/C(=N/OCc4ccccc4)c4ccccc4)cc3)c2cc1OC. The van der Waals surface area contributed by atoms with Crippen LogP contribution in [0.2, 0.25) is 0 Å². The molecule has 0 spiro atoms. The average molecular weight is 533 g/mol. The van der Waals surface area contributed by atoms with Crippen LogP contribution in [0.5, 0.6) is 11.5 Å². The Morgan fingerprint density at radius 3 is 2.15 bits per heavy atom. The molecule has 4 aromatic carbocycles. The highest BCUT2D eigenvalue weighted by Gasteiger charge is 2.16. The van der Waals surface area contributed by atoms with Gasteiger partial charge in [0.25, 0.3) is 5.91 Å². The van der Waals surface area contributed by atoms with Crippen molar-refractivity contribution in [2.24, 2.45) is 5.16 Å². The number of pyridine rings is 1. The molecule has 8 heteroatoms. The van der Waals surface area contributed by atoms with Crippen LogP contribution in [0.1, 0.15) is 11.1 Å². The first-order valence-corrected chi connectivity index (χ1v) is 12.6. The third-order valence-corrected chi connectivity index (χ3v) is 6.16. The van der Waals surface area contributed by atoms with Gasteiger partial charge in [-0.05, 0) is 42.0 Å². The van der Waals surface area contributed by atoms with Crippen LogP contribution in [0.15, 0.2) is 114 Å². The predicted molar refractivity (Wildman–Crippen MR) is 157 cm³/mol. The molecule has 0 saturated heterocycles. The molecule has 0 radical (unpaired) electrons. The van der Waals surface area contributed by atoms with Crippen molar-refractivity contribution in [3.05, 3.63) is 120 Å². The van der Waals surface area contributed by atoms with Crippen LogP contribution >= 0.6 is 0 Å². The van der Waals surface area contributed by atoms with E-state index in [1.807, 2.05) is 103 Å². The van der Waals surface area contributed by atoms with E-state index in [2.05, 4.69) is 20.8 Å². The largest absolute Gasteiger partial charge is 0.493 e. The van der Waals surface area contributed by atoms with Gasteiger partial charge in [0.2, 0.25) is 0 Å². The topological polar surface area (TPSA) is 94.1 Å². The fourth-order valence-corrected chi connectivity index (χ4v) is 4.13. The molecule has 1 heterocycles. The van der Waals surface area contributed by atoms with Crippen LogP contribution in [0.25, 0.3) is 10.9 Å². The third kappa shape index (κ3) is 6.19. The molecule has 200 valence electrons. The number of methoxy groups -OCH3 is 2. The second-order valence-electron chi connectivity index (χ2n) is 8.80. The van der Waals surface area contributed by atoms with Crippen LogP contribution in [-0.2, 0) is 16.2 Å². The lowest BCUT2D eigenvalue weighted by molar-refractivity contribution is -0.110. The average Bonchev–Trinajstić information content (AvgIpc) is 3.00. The number of oxime groups is 1. The molecule has 5 rings (SSSR count). The number of aromatic nitrogens is 1. The molecule has 1 amide bonds. The maximum Gasteiger partial charge on any atom is 0.278 e. The number of ether oxygens (including phenoxy) is 2. The predicted octanol–water partition coefficient (Wildman–Crippen LogP) is 6.56. The zero-order valence-electron chi connectivity index (χ0n) is 22.1. The molecule has 1 aromatic heterocycles. The number of anilines is 3. The van der Waals surface area contributed by atoms with Crippen LogP contribution in [0, 0.1) is 0 Å². The highest BCUT2D eigenvalue weighted by molar-refractivity contribution is 6.48. The van der Waals surface area contributed by atoms with Gasteiger partial charge >= 0.3 is 0 Å². The third-order valence-electron chi connectivity index (χ3n) is 6.16. The van der Waals surface area contributed by atoms with Gasteiger partial charge in [0, 0.05) is 40.3 Å². The summed E-state index contributed by atoms with van der Waals surface area (Å²) in [5.41, 5.74) is 4.89. The number of nitrogens with one attached hydrogen (secondary N) is 2. The second kappa shape index (κ2) is 12.4. The summed E-state index contributed by atoms with van der Waals surface area (Å²) in [4.78, 5) is 23.2. The number of fused-ring (bicyclic) bond motifs is 1. The van der Waals surface area contributed by atoms with E-state index in [1.165, 1.54) is 0 Å². The number of amides is 1. The molecule has 0 unspecified atom stereocenters. The van der Waals surface area contributed by atoms with Gasteiger partial charge < -0.3 is 24.9 Å². The number of benzene rings is 4. The molecule has 0 aliphatic carbocycles. The number of carbonyl (C=O) groups excluding carboxylic acids is 1. The molecular weight excluding hydrogens is 504 g/mol. The van der Waals surface area contributed by atoms with Crippen molar-refractivity contribution in [2.75, 3.05) is 24.9 Å². The molecule has 0 bridgehead atoms. The minimum absolute atomic E-state index is 0.186. The molecule has 5 aromatic rings. The first kappa shape index (κ1) is 26.2. The Kier molecular flexibility index (Phi) is 8.17. The number of nitrogens with zero attached hydrogens (tertiary/aromatic N) is 2. The van der Waals surface area contributed by atoms with E-state index in [9.17, 15) is 4.79 Å². The van der Waals surface area contributed by atoms with E-state index >= 15 is 0 Å². The van der Waals surface area contributed by atoms with Gasteiger partial charge in [-0.2, -0.15) is 0 Å². The number of hydrogen-bond acceptors (Lipinski definition) is 7. The lowest BCUT2D eigenvalue weighted by Gasteiger charge is -2.13. The van der Waals surface area contributed by atoms with E-state index in [0.29, 0.717) is 22.7 Å². The van der Waals surface area contributed by atoms with Crippen molar-refractivity contribution in [1.29, 1.82) is 0 Å². The Morgan fingerprint density at radius 1 is 0.800 bits per heavy atom. The van der Waals surface area contributed by atoms with Gasteiger partial charge in [0.05, 0.1) is 19.7 Å². The first-order chi connectivity index (χ1) is 19.6. The fraction of sp³-hybridized carbons (Fsp3) is 0.0938. The zero-order chi connectivity index (χ0) is 27.7. The van der Waals surface area contributed by atoms with Gasteiger partial charge in [-0.3, -0.25) is 9.78 Å². The summed E-state index contributed by atoms with van der Waals surface area (Å²) in [6.45, 7) is 0.257. The summed E-state index contributed by atoms with van der Waals surface area (Å²) in [5, 5.41) is 11.4. The molecule has 0 aliphatic heterocycles. The highest BCUT2D eigenvalue weighted by atomic mass is 16.6. The first-order valence-electron chi connectivity index (χ1n) is 12.6. The Balaban J connectivity index is 1.31. The van der Waals surface area contributed by atoms with Gasteiger partial charge in [0.1, 0.15) is 6.61 Å². The normalized spacial score (nSPS) is 11.1. The Morgan fingerprint density at radius 2 is 1.45 bits per heavy atom. The maximum atomic E-state index is 13.2. The summed E-state index contributed by atoms with van der Waals surface area (Å²) in [6, 6.07) is 31.9. The Bertz CT molecular complexity index is 1620. The molecule has 0 fully saturated rings. The van der Waals surface area contributed by atoms with Gasteiger partial charge in [-0.25, -0.2) is 0 Å². The van der Waals surface area contributed by atoms with E-state index in [4.69, 9.17) is 14.3 Å². The van der Waals surface area contributed by atoms with Crippen molar-refractivity contribution in [3.63, 3.8) is 0 Å². The molecular formula is C32H28N4O4. The standard InChI is InChI=1S/C32H28N4O4/c1-38-29-19-26-27(17-18-33-28(26)20-30(29)39-2)34-24-13-15-25(16-14-24)35-32(37)31(23-11-7-4-8-12-23)36-40-21-22-9-5-3-6-10-22/h3-20H,21H2,1-2H3,(H,33,34)(H,35,37)/b36-31+. The smallest absolute Gasteiger partial charge is 0.278 e. The van der Waals surface area contributed by atoms with Gasteiger partial charge in [-0.15, -0.1) is 0 Å². The Hall–Kier alpha value is -5.37. The van der Waals surface area contributed by atoms with Crippen molar-refractivity contribution < 1.29 is 19.1 Å². The fourth-order valence-electron chi connectivity index (χ4n) is 4.13. The summed E-state index contributed by atoms with van der Waals surface area (Å²) >= 11 is 0. The molecule has 0 saturated carbocycles. The molecule has 0 atom stereocenters. The summed E-state index contributed by atoms with van der Waals surface area (Å²) < 4.78 is 10.9. The van der Waals surface area contributed by atoms with E-state index in [0.717, 1.165) is 27.8 Å². The zero-order valence-corrected chi connectivity index (χ0v) is 22.1. The molecule has 8 nitrogen and oxygen atoms in total. The van der Waals surface area contributed by atoms with E-state index < -0.39 is 0 Å². The van der Waals surface area contributed by atoms with Crippen LogP contribution in [-0.4, -0.2) is 30.8 Å².